The molecule has 0 aliphatic heterocycles. The third-order valence-electron chi connectivity index (χ3n) is 2.09. The highest BCUT2D eigenvalue weighted by molar-refractivity contribution is 7.15. The van der Waals surface area contributed by atoms with Gasteiger partial charge in [-0.1, -0.05) is 6.07 Å². The number of carboxylic acids is 1. The molecule has 96 valence electrons. The van der Waals surface area contributed by atoms with Gasteiger partial charge in [-0.05, 0) is 24.3 Å². The van der Waals surface area contributed by atoms with Crippen LogP contribution in [-0.2, 0) is 0 Å². The number of carbonyl (C=O) groups is 2. The third-order valence-corrected chi connectivity index (χ3v) is 3.10. The lowest BCUT2D eigenvalue weighted by Crippen LogP contribution is -2.18. The van der Waals surface area contributed by atoms with Gasteiger partial charge in [0, 0.05) is 11.1 Å². The van der Waals surface area contributed by atoms with Crippen LogP contribution in [0.3, 0.4) is 0 Å². The van der Waals surface area contributed by atoms with Crippen LogP contribution < -0.4 is 5.43 Å². The minimum Gasteiger partial charge on any atom is -0.477 e. The standard InChI is InChI=1S/C12H9N3O3S/c16-11(9-3-1-2-6-13-9)15-14-7-8-4-5-10(19-8)12(17)18/h1-7H,(H,15,16)(H,17,18). The van der Waals surface area contributed by atoms with Gasteiger partial charge in [0.15, 0.2) is 0 Å². The summed E-state index contributed by atoms with van der Waals surface area (Å²) in [5.74, 6) is -1.41. The molecule has 0 spiro atoms. The van der Waals surface area contributed by atoms with E-state index < -0.39 is 11.9 Å². The van der Waals surface area contributed by atoms with Crippen LogP contribution in [0.15, 0.2) is 41.6 Å². The van der Waals surface area contributed by atoms with E-state index in [-0.39, 0.29) is 10.6 Å². The van der Waals surface area contributed by atoms with Gasteiger partial charge in [0.25, 0.3) is 5.91 Å². The zero-order valence-corrected chi connectivity index (χ0v) is 10.4. The number of rotatable bonds is 4. The van der Waals surface area contributed by atoms with Gasteiger partial charge in [0.05, 0.1) is 6.21 Å². The summed E-state index contributed by atoms with van der Waals surface area (Å²) in [5.41, 5.74) is 2.57. The molecule has 0 saturated carbocycles. The number of pyridine rings is 1. The maximum Gasteiger partial charge on any atom is 0.345 e. The largest absolute Gasteiger partial charge is 0.477 e. The van der Waals surface area contributed by atoms with Crippen LogP contribution in [0.25, 0.3) is 0 Å². The van der Waals surface area contributed by atoms with Gasteiger partial charge in [0.1, 0.15) is 10.6 Å². The van der Waals surface area contributed by atoms with Crippen molar-refractivity contribution in [2.75, 3.05) is 0 Å². The Balaban J connectivity index is 1.96. The van der Waals surface area contributed by atoms with E-state index in [1.54, 1.807) is 24.3 Å². The first kappa shape index (κ1) is 12.9. The molecule has 0 saturated heterocycles. The van der Waals surface area contributed by atoms with Gasteiger partial charge in [-0.3, -0.25) is 9.78 Å². The number of carboxylic acid groups (broad SMARTS) is 1. The number of aromatic nitrogens is 1. The SMILES string of the molecule is O=C(NN=Cc1ccc(C(=O)O)s1)c1ccccn1. The molecule has 1 amide bonds. The molecule has 0 atom stereocenters. The molecular formula is C12H9N3O3S. The number of thiophene rings is 1. The van der Waals surface area contributed by atoms with Gasteiger partial charge in [-0.25, -0.2) is 10.2 Å². The second-order valence-electron chi connectivity index (χ2n) is 3.42. The number of nitrogens with one attached hydrogen (secondary N) is 1. The van der Waals surface area contributed by atoms with Crippen LogP contribution in [-0.4, -0.2) is 28.2 Å². The first-order valence-corrected chi connectivity index (χ1v) is 6.06. The van der Waals surface area contributed by atoms with Crippen molar-refractivity contribution in [1.29, 1.82) is 0 Å². The summed E-state index contributed by atoms with van der Waals surface area (Å²) in [6, 6.07) is 8.07. The van der Waals surface area contributed by atoms with E-state index in [0.717, 1.165) is 11.3 Å². The van der Waals surface area contributed by atoms with Gasteiger partial charge >= 0.3 is 5.97 Å². The van der Waals surface area contributed by atoms with Crippen molar-refractivity contribution in [2.45, 2.75) is 0 Å². The summed E-state index contributed by atoms with van der Waals surface area (Å²) >= 11 is 1.07. The predicted octanol–water partition coefficient (Wildman–Crippen LogP) is 1.61. The van der Waals surface area contributed by atoms with Crippen molar-refractivity contribution in [3.8, 4) is 0 Å². The summed E-state index contributed by atoms with van der Waals surface area (Å²) in [5, 5.41) is 12.5. The molecule has 0 aliphatic rings. The Morgan fingerprint density at radius 1 is 1.32 bits per heavy atom. The van der Waals surface area contributed by atoms with Crippen molar-refractivity contribution < 1.29 is 14.7 Å². The lowest BCUT2D eigenvalue weighted by atomic mass is 10.3. The second kappa shape index (κ2) is 5.87. The molecule has 2 N–H and O–H groups in total. The Morgan fingerprint density at radius 3 is 2.79 bits per heavy atom. The van der Waals surface area contributed by atoms with Crippen LogP contribution in [0.5, 0.6) is 0 Å². The van der Waals surface area contributed by atoms with Crippen molar-refractivity contribution in [3.05, 3.63) is 52.0 Å². The lowest BCUT2D eigenvalue weighted by Gasteiger charge is -1.96. The second-order valence-corrected chi connectivity index (χ2v) is 4.54. The first-order chi connectivity index (χ1) is 9.16. The van der Waals surface area contributed by atoms with Crippen molar-refractivity contribution in [1.82, 2.24) is 10.4 Å². The van der Waals surface area contributed by atoms with E-state index in [0.29, 0.717) is 4.88 Å². The molecule has 0 aromatic carbocycles. The fourth-order valence-corrected chi connectivity index (χ4v) is 1.96. The summed E-state index contributed by atoms with van der Waals surface area (Å²) in [7, 11) is 0. The van der Waals surface area contributed by atoms with Crippen molar-refractivity contribution >= 4 is 29.4 Å². The summed E-state index contributed by atoms with van der Waals surface area (Å²) in [6.45, 7) is 0. The molecule has 0 unspecified atom stereocenters. The zero-order valence-electron chi connectivity index (χ0n) is 9.61. The number of hydrogen-bond donors (Lipinski definition) is 2. The Bertz CT molecular complexity index is 622. The quantitative estimate of drug-likeness (QED) is 0.655. The average molecular weight is 275 g/mol. The summed E-state index contributed by atoms with van der Waals surface area (Å²) < 4.78 is 0. The van der Waals surface area contributed by atoms with Crippen LogP contribution in [0.2, 0.25) is 0 Å². The molecule has 2 heterocycles. The summed E-state index contributed by atoms with van der Waals surface area (Å²) in [4.78, 5) is 27.0. The van der Waals surface area contributed by atoms with E-state index in [2.05, 4.69) is 15.5 Å². The molecule has 6 nitrogen and oxygen atoms in total. The van der Waals surface area contributed by atoms with Crippen LogP contribution in [0.1, 0.15) is 25.0 Å². The van der Waals surface area contributed by atoms with Crippen LogP contribution >= 0.6 is 11.3 Å². The van der Waals surface area contributed by atoms with E-state index >= 15 is 0 Å². The molecule has 2 aromatic rings. The number of hydrogen-bond acceptors (Lipinski definition) is 5. The molecule has 7 heteroatoms. The van der Waals surface area contributed by atoms with Crippen molar-refractivity contribution in [3.63, 3.8) is 0 Å². The van der Waals surface area contributed by atoms with Gasteiger partial charge in [-0.2, -0.15) is 5.10 Å². The van der Waals surface area contributed by atoms with E-state index in [1.807, 2.05) is 0 Å². The molecular weight excluding hydrogens is 266 g/mol. The number of hydrazone groups is 1. The molecule has 0 radical (unpaired) electrons. The Morgan fingerprint density at radius 2 is 2.16 bits per heavy atom. The van der Waals surface area contributed by atoms with E-state index in [1.165, 1.54) is 18.5 Å². The number of amides is 1. The number of nitrogens with zero attached hydrogens (tertiary/aromatic N) is 2. The maximum absolute atomic E-state index is 11.6. The minimum atomic E-state index is -0.984. The van der Waals surface area contributed by atoms with Gasteiger partial charge < -0.3 is 5.11 Å². The average Bonchev–Trinajstić information content (AvgIpc) is 2.89. The van der Waals surface area contributed by atoms with E-state index in [9.17, 15) is 9.59 Å². The zero-order chi connectivity index (χ0) is 13.7. The van der Waals surface area contributed by atoms with Crippen molar-refractivity contribution in [2.24, 2.45) is 5.10 Å². The fraction of sp³-hybridized carbons (Fsp3) is 0. The van der Waals surface area contributed by atoms with Crippen LogP contribution in [0.4, 0.5) is 0 Å². The Labute approximate surface area is 112 Å². The molecule has 0 bridgehead atoms. The predicted molar refractivity (Wildman–Crippen MR) is 70.6 cm³/mol. The smallest absolute Gasteiger partial charge is 0.345 e. The minimum absolute atomic E-state index is 0.220. The van der Waals surface area contributed by atoms with Crippen LogP contribution in [0, 0.1) is 0 Å². The fourth-order valence-electron chi connectivity index (χ4n) is 1.25. The normalized spacial score (nSPS) is 10.5. The van der Waals surface area contributed by atoms with Gasteiger partial charge in [0.2, 0.25) is 0 Å². The topological polar surface area (TPSA) is 91.7 Å². The maximum atomic E-state index is 11.6. The molecule has 0 aliphatic carbocycles. The lowest BCUT2D eigenvalue weighted by molar-refractivity contribution is 0.0702. The molecule has 2 rings (SSSR count). The molecule has 0 fully saturated rings. The Hall–Kier alpha value is -2.54. The highest BCUT2D eigenvalue weighted by Crippen LogP contribution is 2.14. The third kappa shape index (κ3) is 3.46. The highest BCUT2D eigenvalue weighted by atomic mass is 32.1. The van der Waals surface area contributed by atoms with Gasteiger partial charge in [-0.15, -0.1) is 11.3 Å². The monoisotopic (exact) mass is 275 g/mol. The number of aromatic carboxylic acids is 1. The van der Waals surface area contributed by atoms with E-state index in [4.69, 9.17) is 5.11 Å². The first-order valence-electron chi connectivity index (χ1n) is 5.24. The highest BCUT2D eigenvalue weighted by Gasteiger charge is 2.06. The molecule has 2 aromatic heterocycles. The Kier molecular flexibility index (Phi) is 3.99. The molecule has 19 heavy (non-hydrogen) atoms. The number of carbonyl (C=O) groups excluding carboxylic acids is 1. The summed E-state index contributed by atoms with van der Waals surface area (Å²) in [6.07, 6.45) is 2.90.